The molecule has 0 atom stereocenters. The summed E-state index contributed by atoms with van der Waals surface area (Å²) in [5.74, 6) is 0.549. The van der Waals surface area contributed by atoms with Gasteiger partial charge in [0.1, 0.15) is 11.6 Å². The van der Waals surface area contributed by atoms with Crippen molar-refractivity contribution in [1.82, 2.24) is 20.0 Å². The summed E-state index contributed by atoms with van der Waals surface area (Å²) in [6.45, 7) is 4.64. The van der Waals surface area contributed by atoms with Gasteiger partial charge in [-0.2, -0.15) is 15.5 Å². The van der Waals surface area contributed by atoms with Gasteiger partial charge in [0, 0.05) is 25.4 Å². The molecule has 0 unspecified atom stereocenters. The van der Waals surface area contributed by atoms with E-state index in [4.69, 9.17) is 0 Å². The van der Waals surface area contributed by atoms with Gasteiger partial charge in [-0.05, 0) is 35.6 Å². The Balaban J connectivity index is 1.83. The molecule has 0 spiro atoms. The SMILES string of the molecule is CCc1nnc(NCc2cccc(-c3cnn(C)c3)c2)c(C#N)c1CC. The minimum absolute atomic E-state index is 0.549. The van der Waals surface area contributed by atoms with Crippen molar-refractivity contribution in [3.05, 3.63) is 59.0 Å². The lowest BCUT2D eigenvalue weighted by atomic mass is 10.0. The lowest BCUT2D eigenvalue weighted by Gasteiger charge is -2.12. The quantitative estimate of drug-likeness (QED) is 0.739. The fourth-order valence-corrected chi connectivity index (χ4v) is 3.03. The molecule has 1 aromatic carbocycles. The number of aromatic nitrogens is 4. The molecule has 3 aromatic rings. The maximum Gasteiger partial charge on any atom is 0.167 e. The summed E-state index contributed by atoms with van der Waals surface area (Å²) in [7, 11) is 1.91. The minimum Gasteiger partial charge on any atom is -0.363 e. The maximum absolute atomic E-state index is 9.58. The van der Waals surface area contributed by atoms with E-state index in [1.807, 2.05) is 45.4 Å². The van der Waals surface area contributed by atoms with Gasteiger partial charge in [-0.3, -0.25) is 4.68 Å². The van der Waals surface area contributed by atoms with Crippen molar-refractivity contribution in [3.63, 3.8) is 0 Å². The van der Waals surface area contributed by atoms with Crippen LogP contribution < -0.4 is 5.32 Å². The zero-order valence-corrected chi connectivity index (χ0v) is 15.3. The molecule has 0 aliphatic carbocycles. The smallest absolute Gasteiger partial charge is 0.167 e. The predicted molar refractivity (Wildman–Crippen MR) is 101 cm³/mol. The number of hydrogen-bond acceptors (Lipinski definition) is 5. The Labute approximate surface area is 153 Å². The predicted octanol–water partition coefficient (Wildman–Crippen LogP) is 3.49. The van der Waals surface area contributed by atoms with Crippen molar-refractivity contribution in [2.75, 3.05) is 5.32 Å². The first-order valence-electron chi connectivity index (χ1n) is 8.76. The van der Waals surface area contributed by atoms with Crippen molar-refractivity contribution in [1.29, 1.82) is 5.26 Å². The van der Waals surface area contributed by atoms with E-state index in [-0.39, 0.29) is 0 Å². The Morgan fingerprint density at radius 1 is 1.15 bits per heavy atom. The minimum atomic E-state index is 0.549. The van der Waals surface area contributed by atoms with Gasteiger partial charge in [-0.15, -0.1) is 5.10 Å². The summed E-state index contributed by atoms with van der Waals surface area (Å²) in [5, 5.41) is 25.6. The zero-order valence-electron chi connectivity index (χ0n) is 15.3. The molecule has 1 N–H and O–H groups in total. The molecule has 132 valence electrons. The number of nitrogens with zero attached hydrogens (tertiary/aromatic N) is 5. The highest BCUT2D eigenvalue weighted by Crippen LogP contribution is 2.22. The van der Waals surface area contributed by atoms with E-state index in [1.54, 1.807) is 4.68 Å². The van der Waals surface area contributed by atoms with Crippen LogP contribution in [-0.2, 0) is 26.4 Å². The van der Waals surface area contributed by atoms with E-state index in [9.17, 15) is 5.26 Å². The molecule has 0 fully saturated rings. The molecule has 0 radical (unpaired) electrons. The Morgan fingerprint density at radius 2 is 2.00 bits per heavy atom. The number of aryl methyl sites for hydroxylation is 2. The van der Waals surface area contributed by atoms with Crippen LogP contribution in [-0.4, -0.2) is 20.0 Å². The lowest BCUT2D eigenvalue weighted by molar-refractivity contribution is 0.768. The van der Waals surface area contributed by atoms with Gasteiger partial charge in [-0.1, -0.05) is 32.0 Å². The average molecular weight is 346 g/mol. The molecular weight excluding hydrogens is 324 g/mol. The number of hydrogen-bond donors (Lipinski definition) is 1. The monoisotopic (exact) mass is 346 g/mol. The third-order valence-electron chi connectivity index (χ3n) is 4.38. The number of benzene rings is 1. The van der Waals surface area contributed by atoms with E-state index >= 15 is 0 Å². The van der Waals surface area contributed by atoms with Crippen molar-refractivity contribution in [2.45, 2.75) is 33.2 Å². The first kappa shape index (κ1) is 17.6. The van der Waals surface area contributed by atoms with Crippen LogP contribution in [0.4, 0.5) is 5.82 Å². The van der Waals surface area contributed by atoms with Crippen LogP contribution in [0, 0.1) is 11.3 Å². The molecule has 6 nitrogen and oxygen atoms in total. The number of rotatable bonds is 6. The largest absolute Gasteiger partial charge is 0.363 e. The standard InChI is InChI=1S/C20H22N6/c1-4-17-18(10-21)20(25-24-19(17)5-2)22-11-14-7-6-8-15(9-14)16-12-23-26(3)13-16/h6-9,12-13H,4-5,11H2,1-3H3,(H,22,25). The summed E-state index contributed by atoms with van der Waals surface area (Å²) in [4.78, 5) is 0. The Kier molecular flexibility index (Phi) is 5.28. The summed E-state index contributed by atoms with van der Waals surface area (Å²) in [6, 6.07) is 10.5. The second kappa shape index (κ2) is 7.79. The summed E-state index contributed by atoms with van der Waals surface area (Å²) >= 11 is 0. The van der Waals surface area contributed by atoms with Crippen LogP contribution in [0.3, 0.4) is 0 Å². The summed E-state index contributed by atoms with van der Waals surface area (Å²) in [6.07, 6.45) is 5.39. The molecule has 2 heterocycles. The van der Waals surface area contributed by atoms with Gasteiger partial charge in [0.2, 0.25) is 0 Å². The van der Waals surface area contributed by atoms with Gasteiger partial charge in [0.15, 0.2) is 5.82 Å². The van der Waals surface area contributed by atoms with Gasteiger partial charge < -0.3 is 5.32 Å². The molecule has 0 saturated heterocycles. The third kappa shape index (κ3) is 3.57. The summed E-state index contributed by atoms with van der Waals surface area (Å²) < 4.78 is 1.79. The highest BCUT2D eigenvalue weighted by Gasteiger charge is 2.14. The fraction of sp³-hybridized carbons (Fsp3) is 0.300. The molecule has 0 saturated carbocycles. The zero-order chi connectivity index (χ0) is 18.5. The molecule has 2 aromatic heterocycles. The van der Waals surface area contributed by atoms with Gasteiger partial charge in [0.25, 0.3) is 0 Å². The number of anilines is 1. The van der Waals surface area contributed by atoms with Crippen LogP contribution in [0.1, 0.15) is 36.2 Å². The molecule has 26 heavy (non-hydrogen) atoms. The second-order valence-corrected chi connectivity index (χ2v) is 6.12. The molecule has 0 amide bonds. The number of nitrogens with one attached hydrogen (secondary N) is 1. The Morgan fingerprint density at radius 3 is 2.65 bits per heavy atom. The van der Waals surface area contributed by atoms with Crippen LogP contribution in [0.5, 0.6) is 0 Å². The molecule has 0 bridgehead atoms. The van der Waals surface area contributed by atoms with E-state index < -0.39 is 0 Å². The van der Waals surface area contributed by atoms with E-state index in [0.717, 1.165) is 40.8 Å². The van der Waals surface area contributed by atoms with Crippen LogP contribution >= 0.6 is 0 Å². The van der Waals surface area contributed by atoms with Gasteiger partial charge >= 0.3 is 0 Å². The van der Waals surface area contributed by atoms with Crippen molar-refractivity contribution < 1.29 is 0 Å². The maximum atomic E-state index is 9.58. The first-order chi connectivity index (χ1) is 12.7. The molecule has 0 aliphatic heterocycles. The van der Waals surface area contributed by atoms with Crippen LogP contribution in [0.15, 0.2) is 36.7 Å². The lowest BCUT2D eigenvalue weighted by Crippen LogP contribution is -2.10. The molecular formula is C20H22N6. The molecule has 3 rings (SSSR count). The van der Waals surface area contributed by atoms with Crippen molar-refractivity contribution in [2.24, 2.45) is 7.05 Å². The van der Waals surface area contributed by atoms with E-state index in [2.05, 4.69) is 38.8 Å². The normalized spacial score (nSPS) is 10.5. The first-order valence-corrected chi connectivity index (χ1v) is 8.76. The van der Waals surface area contributed by atoms with E-state index in [0.29, 0.717) is 17.9 Å². The Bertz CT molecular complexity index is 951. The van der Waals surface area contributed by atoms with Crippen LogP contribution in [0.25, 0.3) is 11.1 Å². The van der Waals surface area contributed by atoms with Gasteiger partial charge in [-0.25, -0.2) is 0 Å². The highest BCUT2D eigenvalue weighted by atomic mass is 15.2. The Hall–Kier alpha value is -3.20. The topological polar surface area (TPSA) is 79.4 Å². The highest BCUT2D eigenvalue weighted by molar-refractivity contribution is 5.63. The van der Waals surface area contributed by atoms with Crippen molar-refractivity contribution >= 4 is 5.82 Å². The number of nitriles is 1. The van der Waals surface area contributed by atoms with E-state index in [1.165, 1.54) is 0 Å². The average Bonchev–Trinajstić information content (AvgIpc) is 3.12. The molecule has 0 aliphatic rings. The van der Waals surface area contributed by atoms with Crippen LogP contribution in [0.2, 0.25) is 0 Å². The second-order valence-electron chi connectivity index (χ2n) is 6.12. The summed E-state index contributed by atoms with van der Waals surface area (Å²) in [5.41, 5.74) is 5.77. The third-order valence-corrected chi connectivity index (χ3v) is 4.38. The fourth-order valence-electron chi connectivity index (χ4n) is 3.03. The molecule has 6 heteroatoms. The van der Waals surface area contributed by atoms with Crippen molar-refractivity contribution in [3.8, 4) is 17.2 Å². The van der Waals surface area contributed by atoms with Gasteiger partial charge in [0.05, 0.1) is 11.9 Å².